The van der Waals surface area contributed by atoms with Crippen molar-refractivity contribution < 1.29 is 9.59 Å². The smallest absolute Gasteiger partial charge is 0.252 e. The van der Waals surface area contributed by atoms with Crippen LogP contribution in [0.1, 0.15) is 26.7 Å². The lowest BCUT2D eigenvalue weighted by molar-refractivity contribution is -0.129. The number of hydrogen-bond donors (Lipinski definition) is 3. The van der Waals surface area contributed by atoms with E-state index in [-0.39, 0.29) is 24.4 Å². The highest BCUT2D eigenvalue weighted by molar-refractivity contribution is 5.81. The molecule has 2 unspecified atom stereocenters. The van der Waals surface area contributed by atoms with E-state index in [4.69, 9.17) is 5.73 Å². The molecule has 1 rings (SSSR count). The highest BCUT2D eigenvalue weighted by Gasteiger charge is 2.28. The third-order valence-electron chi connectivity index (χ3n) is 3.20. The van der Waals surface area contributed by atoms with Crippen molar-refractivity contribution in [3.8, 4) is 0 Å². The van der Waals surface area contributed by atoms with Crippen molar-refractivity contribution in [2.24, 2.45) is 11.7 Å². The Labute approximate surface area is 102 Å². The Kier molecular flexibility index (Phi) is 5.37. The topological polar surface area (TPSA) is 87.5 Å². The summed E-state index contributed by atoms with van der Waals surface area (Å²) in [6.45, 7) is 5.25. The molecular formula is C11H22N4O2. The van der Waals surface area contributed by atoms with Crippen molar-refractivity contribution >= 4 is 11.8 Å². The van der Waals surface area contributed by atoms with Gasteiger partial charge in [0.05, 0.1) is 6.54 Å². The predicted octanol–water partition coefficient (Wildman–Crippen LogP) is -0.787. The average molecular weight is 242 g/mol. The van der Waals surface area contributed by atoms with Gasteiger partial charge in [0, 0.05) is 19.5 Å². The molecule has 1 aliphatic rings. The molecule has 2 atom stereocenters. The molecule has 1 aliphatic heterocycles. The van der Waals surface area contributed by atoms with E-state index in [1.165, 1.54) is 6.92 Å². The fraction of sp³-hybridized carbons (Fsp3) is 0.818. The van der Waals surface area contributed by atoms with Crippen LogP contribution in [-0.2, 0) is 9.59 Å². The standard InChI is InChI=1S/C11H22N4O2/c1-8-4-3-5-15(10(8)6-12)7-11(17)14-13-9(2)16/h8,10H,3-7,12H2,1-2H3,(H,13,16)(H,14,17). The molecule has 0 saturated carbocycles. The van der Waals surface area contributed by atoms with E-state index in [2.05, 4.69) is 22.7 Å². The summed E-state index contributed by atoms with van der Waals surface area (Å²) < 4.78 is 0. The predicted molar refractivity (Wildman–Crippen MR) is 64.8 cm³/mol. The molecule has 1 heterocycles. The lowest BCUT2D eigenvalue weighted by Gasteiger charge is -2.38. The second-order valence-electron chi connectivity index (χ2n) is 4.62. The van der Waals surface area contributed by atoms with Crippen LogP contribution in [0, 0.1) is 5.92 Å². The van der Waals surface area contributed by atoms with Crippen LogP contribution in [-0.4, -0.2) is 42.4 Å². The fourth-order valence-electron chi connectivity index (χ4n) is 2.29. The van der Waals surface area contributed by atoms with Crippen LogP contribution in [0.5, 0.6) is 0 Å². The van der Waals surface area contributed by atoms with Crippen LogP contribution in [0.25, 0.3) is 0 Å². The van der Waals surface area contributed by atoms with E-state index in [9.17, 15) is 9.59 Å². The van der Waals surface area contributed by atoms with Gasteiger partial charge in [0.2, 0.25) is 5.91 Å². The molecule has 2 amide bonds. The maximum absolute atomic E-state index is 11.6. The van der Waals surface area contributed by atoms with E-state index < -0.39 is 0 Å². The van der Waals surface area contributed by atoms with Gasteiger partial charge in [-0.05, 0) is 25.3 Å². The molecule has 98 valence electrons. The van der Waals surface area contributed by atoms with E-state index in [0.717, 1.165) is 19.4 Å². The Hall–Kier alpha value is -1.14. The van der Waals surface area contributed by atoms with E-state index in [1.807, 2.05) is 0 Å². The van der Waals surface area contributed by atoms with Crippen LogP contribution in [0.3, 0.4) is 0 Å². The maximum Gasteiger partial charge on any atom is 0.252 e. The van der Waals surface area contributed by atoms with E-state index in [0.29, 0.717) is 12.5 Å². The number of likely N-dealkylation sites (tertiary alicyclic amines) is 1. The number of nitrogens with one attached hydrogen (secondary N) is 2. The monoisotopic (exact) mass is 242 g/mol. The van der Waals surface area contributed by atoms with Gasteiger partial charge in [-0.15, -0.1) is 0 Å². The number of rotatable bonds is 3. The molecule has 4 N–H and O–H groups in total. The lowest BCUT2D eigenvalue weighted by atomic mass is 9.91. The minimum Gasteiger partial charge on any atom is -0.329 e. The molecule has 0 aliphatic carbocycles. The zero-order chi connectivity index (χ0) is 12.8. The number of hydrogen-bond acceptors (Lipinski definition) is 4. The van der Waals surface area contributed by atoms with Gasteiger partial charge in [0.1, 0.15) is 0 Å². The molecule has 0 aromatic carbocycles. The number of carbonyl (C=O) groups excluding carboxylic acids is 2. The van der Waals surface area contributed by atoms with Gasteiger partial charge in [-0.2, -0.15) is 0 Å². The minimum absolute atomic E-state index is 0.201. The van der Waals surface area contributed by atoms with Gasteiger partial charge < -0.3 is 5.73 Å². The number of nitrogens with two attached hydrogens (primary N) is 1. The average Bonchev–Trinajstić information content (AvgIpc) is 2.27. The Bertz CT molecular complexity index is 283. The van der Waals surface area contributed by atoms with Gasteiger partial charge in [-0.25, -0.2) is 0 Å². The van der Waals surface area contributed by atoms with Gasteiger partial charge in [-0.1, -0.05) is 6.92 Å². The van der Waals surface area contributed by atoms with Crippen LogP contribution in [0.2, 0.25) is 0 Å². The number of amides is 2. The normalized spacial score (nSPS) is 25.4. The summed E-state index contributed by atoms with van der Waals surface area (Å²) in [6, 6.07) is 0.256. The van der Waals surface area contributed by atoms with Crippen LogP contribution in [0.4, 0.5) is 0 Å². The van der Waals surface area contributed by atoms with Crippen LogP contribution in [0.15, 0.2) is 0 Å². The maximum atomic E-state index is 11.6. The fourth-order valence-corrected chi connectivity index (χ4v) is 2.29. The SMILES string of the molecule is CC(=O)NNC(=O)CN1CCCC(C)C1CN. The van der Waals surface area contributed by atoms with Crippen molar-refractivity contribution in [1.82, 2.24) is 15.8 Å². The molecule has 0 bridgehead atoms. The Morgan fingerprint density at radius 2 is 2.12 bits per heavy atom. The third-order valence-corrected chi connectivity index (χ3v) is 3.20. The highest BCUT2D eigenvalue weighted by atomic mass is 16.2. The van der Waals surface area contributed by atoms with Crippen LogP contribution < -0.4 is 16.6 Å². The van der Waals surface area contributed by atoms with Gasteiger partial charge in [0.25, 0.3) is 5.91 Å². The van der Waals surface area contributed by atoms with Crippen molar-refractivity contribution in [2.45, 2.75) is 32.7 Å². The first-order valence-electron chi connectivity index (χ1n) is 6.04. The summed E-state index contributed by atoms with van der Waals surface area (Å²) in [5.74, 6) is 0.0378. The largest absolute Gasteiger partial charge is 0.329 e. The first-order valence-corrected chi connectivity index (χ1v) is 6.04. The molecular weight excluding hydrogens is 220 g/mol. The zero-order valence-electron chi connectivity index (χ0n) is 10.5. The molecule has 6 heteroatoms. The summed E-state index contributed by atoms with van der Waals surface area (Å²) in [4.78, 5) is 24.3. The Morgan fingerprint density at radius 1 is 1.41 bits per heavy atom. The van der Waals surface area contributed by atoms with Crippen LogP contribution >= 0.6 is 0 Å². The number of carbonyl (C=O) groups is 2. The molecule has 0 spiro atoms. The molecule has 6 nitrogen and oxygen atoms in total. The van der Waals surface area contributed by atoms with Crippen molar-refractivity contribution in [3.05, 3.63) is 0 Å². The van der Waals surface area contributed by atoms with Gasteiger partial charge in [0.15, 0.2) is 0 Å². The van der Waals surface area contributed by atoms with E-state index >= 15 is 0 Å². The van der Waals surface area contributed by atoms with Gasteiger partial charge >= 0.3 is 0 Å². The summed E-state index contributed by atoms with van der Waals surface area (Å²) in [5, 5.41) is 0. The second kappa shape index (κ2) is 6.56. The molecule has 1 saturated heterocycles. The molecule has 0 radical (unpaired) electrons. The molecule has 0 aromatic heterocycles. The summed E-state index contributed by atoms with van der Waals surface area (Å²) in [5.41, 5.74) is 10.4. The van der Waals surface area contributed by atoms with Crippen molar-refractivity contribution in [1.29, 1.82) is 0 Å². The first kappa shape index (κ1) is 13.9. The number of piperidine rings is 1. The van der Waals surface area contributed by atoms with Crippen molar-refractivity contribution in [3.63, 3.8) is 0 Å². The first-order chi connectivity index (χ1) is 8.04. The van der Waals surface area contributed by atoms with Gasteiger partial charge in [-0.3, -0.25) is 25.3 Å². The number of hydrazine groups is 1. The molecule has 17 heavy (non-hydrogen) atoms. The zero-order valence-corrected chi connectivity index (χ0v) is 10.5. The molecule has 1 fully saturated rings. The van der Waals surface area contributed by atoms with Crippen molar-refractivity contribution in [2.75, 3.05) is 19.6 Å². The Morgan fingerprint density at radius 3 is 2.71 bits per heavy atom. The third kappa shape index (κ3) is 4.32. The quantitative estimate of drug-likeness (QED) is 0.566. The highest BCUT2D eigenvalue weighted by Crippen LogP contribution is 2.21. The summed E-state index contributed by atoms with van der Waals surface area (Å²) in [7, 11) is 0. The Balaban J connectivity index is 2.42. The molecule has 0 aromatic rings. The second-order valence-corrected chi connectivity index (χ2v) is 4.62. The summed E-state index contributed by atoms with van der Waals surface area (Å²) >= 11 is 0. The van der Waals surface area contributed by atoms with E-state index in [1.54, 1.807) is 0 Å². The summed E-state index contributed by atoms with van der Waals surface area (Å²) in [6.07, 6.45) is 2.25. The number of nitrogens with zero attached hydrogens (tertiary/aromatic N) is 1. The lowest BCUT2D eigenvalue weighted by Crippen LogP contribution is -2.53. The minimum atomic E-state index is -0.277.